The summed E-state index contributed by atoms with van der Waals surface area (Å²) < 4.78 is 24.6. The van der Waals surface area contributed by atoms with Crippen LogP contribution in [0.3, 0.4) is 0 Å². The molecule has 0 bridgehead atoms. The molecule has 0 saturated heterocycles. The van der Waals surface area contributed by atoms with E-state index in [0.29, 0.717) is 5.69 Å². The molecule has 0 aliphatic heterocycles. The van der Waals surface area contributed by atoms with Gasteiger partial charge in [0.1, 0.15) is 0 Å². The maximum absolute atomic E-state index is 11.6. The third-order valence-corrected chi connectivity index (χ3v) is 4.29. The van der Waals surface area contributed by atoms with Gasteiger partial charge in [-0.1, -0.05) is 0 Å². The molecule has 0 aromatic heterocycles. The minimum Gasteiger partial charge on any atom is -0.378 e. The quantitative estimate of drug-likeness (QED) is 0.804. The summed E-state index contributed by atoms with van der Waals surface area (Å²) in [5, 5.41) is 0. The molecule has 0 N–H and O–H groups in total. The Morgan fingerprint density at radius 3 is 1.81 bits per heavy atom. The summed E-state index contributed by atoms with van der Waals surface area (Å²) in [5.41, 5.74) is 1.73. The fraction of sp³-hybridized carbons (Fsp3) is 0.455. The number of nitrogens with zero attached hydrogens (tertiary/aromatic N) is 2. The second kappa shape index (κ2) is 4.74. The summed E-state index contributed by atoms with van der Waals surface area (Å²) in [6.07, 6.45) is 0. The van der Waals surface area contributed by atoms with Gasteiger partial charge < -0.3 is 4.90 Å². The van der Waals surface area contributed by atoms with Crippen molar-refractivity contribution < 1.29 is 8.42 Å². The van der Waals surface area contributed by atoms with Crippen LogP contribution >= 0.6 is 0 Å². The van der Waals surface area contributed by atoms with Crippen molar-refractivity contribution in [2.45, 2.75) is 6.92 Å². The second-order valence-electron chi connectivity index (χ2n) is 3.78. The molecule has 0 heterocycles. The first-order chi connectivity index (χ1) is 7.38. The topological polar surface area (TPSA) is 40.6 Å². The number of sulfonamides is 1. The van der Waals surface area contributed by atoms with Gasteiger partial charge in [-0.25, -0.2) is 8.42 Å². The molecule has 0 aliphatic carbocycles. The Morgan fingerprint density at radius 1 is 1.00 bits per heavy atom. The lowest BCUT2D eigenvalue weighted by Gasteiger charge is -2.19. The molecule has 1 aromatic rings. The first-order valence-electron chi connectivity index (χ1n) is 5.12. The molecule has 90 valence electrons. The monoisotopic (exact) mass is 242 g/mol. The summed E-state index contributed by atoms with van der Waals surface area (Å²) in [6, 6.07) is 7.42. The number of anilines is 2. The van der Waals surface area contributed by atoms with Crippen LogP contribution in [0.2, 0.25) is 0 Å². The molecule has 1 rings (SSSR count). The second-order valence-corrected chi connectivity index (χ2v) is 6.07. The molecule has 5 heteroatoms. The smallest absolute Gasteiger partial charge is 0.234 e. The van der Waals surface area contributed by atoms with E-state index >= 15 is 0 Å². The molecular weight excluding hydrogens is 224 g/mol. The summed E-state index contributed by atoms with van der Waals surface area (Å²) >= 11 is 0. The molecule has 0 saturated carbocycles. The third-order valence-electron chi connectivity index (χ3n) is 2.51. The fourth-order valence-corrected chi connectivity index (χ4v) is 2.15. The molecule has 0 spiro atoms. The van der Waals surface area contributed by atoms with Crippen LogP contribution in [0, 0.1) is 0 Å². The Hall–Kier alpha value is -1.23. The Morgan fingerprint density at radius 2 is 1.44 bits per heavy atom. The van der Waals surface area contributed by atoms with Crippen LogP contribution < -0.4 is 9.21 Å². The van der Waals surface area contributed by atoms with Crippen molar-refractivity contribution in [3.05, 3.63) is 24.3 Å². The lowest BCUT2D eigenvalue weighted by molar-refractivity contribution is 0.595. The van der Waals surface area contributed by atoms with Gasteiger partial charge in [-0.15, -0.1) is 0 Å². The van der Waals surface area contributed by atoms with Crippen molar-refractivity contribution in [2.75, 3.05) is 36.1 Å². The minimum absolute atomic E-state index is 0.110. The minimum atomic E-state index is -3.16. The van der Waals surface area contributed by atoms with Crippen LogP contribution in [-0.2, 0) is 10.0 Å². The summed E-state index contributed by atoms with van der Waals surface area (Å²) in [4.78, 5) is 1.97. The van der Waals surface area contributed by atoms with E-state index in [1.54, 1.807) is 14.0 Å². The van der Waals surface area contributed by atoms with E-state index in [2.05, 4.69) is 0 Å². The zero-order valence-corrected chi connectivity index (χ0v) is 11.0. The number of rotatable bonds is 4. The first kappa shape index (κ1) is 12.8. The standard InChI is InChI=1S/C11H18N2O2S/c1-5-16(14,15)13(4)11-8-6-10(7-9-11)12(2)3/h6-9H,5H2,1-4H3. The number of hydrogen-bond acceptors (Lipinski definition) is 3. The van der Waals surface area contributed by atoms with E-state index in [0.717, 1.165) is 5.69 Å². The highest BCUT2D eigenvalue weighted by Gasteiger charge is 2.15. The highest BCUT2D eigenvalue weighted by atomic mass is 32.2. The van der Waals surface area contributed by atoms with Gasteiger partial charge in [-0.05, 0) is 31.2 Å². The third kappa shape index (κ3) is 2.66. The summed E-state index contributed by atoms with van der Waals surface area (Å²) in [6.45, 7) is 1.64. The van der Waals surface area contributed by atoms with E-state index in [9.17, 15) is 8.42 Å². The van der Waals surface area contributed by atoms with Gasteiger partial charge in [0, 0.05) is 26.8 Å². The molecule has 0 atom stereocenters. The van der Waals surface area contributed by atoms with E-state index in [1.807, 2.05) is 43.3 Å². The zero-order chi connectivity index (χ0) is 12.3. The molecule has 0 aliphatic rings. The SMILES string of the molecule is CCS(=O)(=O)N(C)c1ccc(N(C)C)cc1. The van der Waals surface area contributed by atoms with Crippen molar-refractivity contribution in [2.24, 2.45) is 0 Å². The maximum Gasteiger partial charge on any atom is 0.234 e. The molecule has 0 unspecified atom stereocenters. The van der Waals surface area contributed by atoms with E-state index in [-0.39, 0.29) is 5.75 Å². The molecule has 0 amide bonds. The van der Waals surface area contributed by atoms with Gasteiger partial charge >= 0.3 is 0 Å². The van der Waals surface area contributed by atoms with Gasteiger partial charge in [0.2, 0.25) is 10.0 Å². The predicted octanol–water partition coefficient (Wildman–Crippen LogP) is 1.54. The van der Waals surface area contributed by atoms with Crippen LogP contribution in [0.25, 0.3) is 0 Å². The van der Waals surface area contributed by atoms with Gasteiger partial charge in [-0.2, -0.15) is 0 Å². The Kier molecular flexibility index (Phi) is 3.80. The maximum atomic E-state index is 11.6. The van der Waals surface area contributed by atoms with Crippen molar-refractivity contribution in [1.82, 2.24) is 0 Å². The lowest BCUT2D eigenvalue weighted by Crippen LogP contribution is -2.27. The van der Waals surface area contributed by atoms with Crippen LogP contribution in [-0.4, -0.2) is 35.3 Å². The van der Waals surface area contributed by atoms with Crippen molar-refractivity contribution in [1.29, 1.82) is 0 Å². The molecular formula is C11H18N2O2S. The van der Waals surface area contributed by atoms with E-state index < -0.39 is 10.0 Å². The number of hydrogen-bond donors (Lipinski definition) is 0. The Balaban J connectivity index is 2.99. The summed E-state index contributed by atoms with van der Waals surface area (Å²) in [7, 11) is 2.30. The lowest BCUT2D eigenvalue weighted by atomic mass is 10.3. The van der Waals surface area contributed by atoms with Crippen molar-refractivity contribution in [3.8, 4) is 0 Å². The van der Waals surface area contributed by atoms with Crippen molar-refractivity contribution >= 4 is 21.4 Å². The highest BCUT2D eigenvalue weighted by molar-refractivity contribution is 7.92. The van der Waals surface area contributed by atoms with Gasteiger partial charge in [0.15, 0.2) is 0 Å². The van der Waals surface area contributed by atoms with E-state index in [4.69, 9.17) is 0 Å². The van der Waals surface area contributed by atoms with Crippen LogP contribution in [0.5, 0.6) is 0 Å². The highest BCUT2D eigenvalue weighted by Crippen LogP contribution is 2.20. The largest absolute Gasteiger partial charge is 0.378 e. The van der Waals surface area contributed by atoms with Crippen LogP contribution in [0.4, 0.5) is 11.4 Å². The summed E-state index contributed by atoms with van der Waals surface area (Å²) in [5.74, 6) is 0.110. The van der Waals surface area contributed by atoms with Gasteiger partial charge in [-0.3, -0.25) is 4.31 Å². The Labute approximate surface area is 97.5 Å². The molecule has 0 fully saturated rings. The Bertz CT molecular complexity index is 438. The molecule has 0 radical (unpaired) electrons. The zero-order valence-electron chi connectivity index (χ0n) is 10.1. The predicted molar refractivity (Wildman–Crippen MR) is 68.6 cm³/mol. The number of benzene rings is 1. The van der Waals surface area contributed by atoms with Gasteiger partial charge in [0.05, 0.1) is 11.4 Å². The van der Waals surface area contributed by atoms with Crippen molar-refractivity contribution in [3.63, 3.8) is 0 Å². The molecule has 16 heavy (non-hydrogen) atoms. The average Bonchev–Trinajstić information content (AvgIpc) is 2.28. The van der Waals surface area contributed by atoms with Gasteiger partial charge in [0.25, 0.3) is 0 Å². The van der Waals surface area contributed by atoms with Crippen LogP contribution in [0.1, 0.15) is 6.92 Å². The normalized spacial score (nSPS) is 11.2. The molecule has 1 aromatic carbocycles. The molecule has 4 nitrogen and oxygen atoms in total. The first-order valence-corrected chi connectivity index (χ1v) is 6.73. The van der Waals surface area contributed by atoms with Crippen LogP contribution in [0.15, 0.2) is 24.3 Å². The van der Waals surface area contributed by atoms with E-state index in [1.165, 1.54) is 4.31 Å². The average molecular weight is 242 g/mol. The fourth-order valence-electron chi connectivity index (χ4n) is 1.31.